The number of pyridine rings is 1. The molecule has 5 heteroatoms. The summed E-state index contributed by atoms with van der Waals surface area (Å²) in [6, 6.07) is 38.4. The number of hydrogen-bond donors (Lipinski definition) is 0. The predicted octanol–water partition coefficient (Wildman–Crippen LogP) is 7.46. The molecule has 4 heterocycles. The third-order valence-electron chi connectivity index (χ3n) is 7.19. The van der Waals surface area contributed by atoms with Gasteiger partial charge in [-0.2, -0.15) is 5.10 Å². The fourth-order valence-electron chi connectivity index (χ4n) is 5.50. The first kappa shape index (κ1) is 20.1. The minimum atomic E-state index is 0.953. The second-order valence-corrected chi connectivity index (χ2v) is 9.29. The molecule has 0 bridgehead atoms. The molecule has 174 valence electrons. The Balaban J connectivity index is 1.38. The van der Waals surface area contributed by atoms with Gasteiger partial charge in [0.15, 0.2) is 0 Å². The average molecular weight is 476 g/mol. The van der Waals surface area contributed by atoms with E-state index in [2.05, 4.69) is 117 Å². The molecule has 0 atom stereocenters. The summed E-state index contributed by atoms with van der Waals surface area (Å²) in [5, 5.41) is 9.40. The van der Waals surface area contributed by atoms with E-state index in [9.17, 15) is 0 Å². The zero-order valence-corrected chi connectivity index (χ0v) is 19.9. The Morgan fingerprint density at radius 2 is 1.35 bits per heavy atom. The normalized spacial score (nSPS) is 11.8. The molecule has 0 N–H and O–H groups in total. The van der Waals surface area contributed by atoms with E-state index in [1.54, 1.807) is 0 Å². The molecule has 0 unspecified atom stereocenters. The summed E-state index contributed by atoms with van der Waals surface area (Å²) >= 11 is 0. The van der Waals surface area contributed by atoms with Gasteiger partial charge in [0, 0.05) is 45.3 Å². The van der Waals surface area contributed by atoms with Crippen LogP contribution >= 0.6 is 0 Å². The van der Waals surface area contributed by atoms with Crippen LogP contribution in [0.25, 0.3) is 60.8 Å². The van der Waals surface area contributed by atoms with E-state index in [0.717, 1.165) is 44.5 Å². The van der Waals surface area contributed by atoms with Crippen LogP contribution in [0.1, 0.15) is 0 Å². The molecule has 0 aliphatic carbocycles. The number of aromatic nitrogens is 5. The molecule has 0 saturated heterocycles. The quantitative estimate of drug-likeness (QED) is 0.266. The molecule has 0 saturated carbocycles. The molecule has 0 fully saturated rings. The highest BCUT2D eigenvalue weighted by Gasteiger charge is 2.15. The van der Waals surface area contributed by atoms with Crippen molar-refractivity contribution in [2.45, 2.75) is 0 Å². The van der Waals surface area contributed by atoms with Crippen LogP contribution in [-0.2, 0) is 0 Å². The lowest BCUT2D eigenvalue weighted by atomic mass is 10.1. The molecule has 5 nitrogen and oxygen atoms in total. The summed E-state index contributed by atoms with van der Waals surface area (Å²) in [5.41, 5.74) is 7.58. The fourth-order valence-corrected chi connectivity index (χ4v) is 5.50. The van der Waals surface area contributed by atoms with E-state index in [1.165, 1.54) is 16.3 Å². The number of para-hydroxylation sites is 2. The van der Waals surface area contributed by atoms with E-state index in [1.807, 2.05) is 29.2 Å². The van der Waals surface area contributed by atoms with Crippen molar-refractivity contribution in [1.29, 1.82) is 0 Å². The predicted molar refractivity (Wildman–Crippen MR) is 150 cm³/mol. The zero-order valence-electron chi connectivity index (χ0n) is 19.9. The topological polar surface area (TPSA) is 40.6 Å². The van der Waals surface area contributed by atoms with Crippen molar-refractivity contribution in [3.63, 3.8) is 0 Å². The Labute approximate surface area is 212 Å². The van der Waals surface area contributed by atoms with Crippen LogP contribution in [0.4, 0.5) is 0 Å². The largest absolute Gasteiger partial charge is 0.309 e. The number of fused-ring (bicyclic) bond motifs is 5. The maximum absolute atomic E-state index is 4.70. The lowest BCUT2D eigenvalue weighted by molar-refractivity contribution is 0.911. The van der Waals surface area contributed by atoms with Crippen LogP contribution < -0.4 is 0 Å². The summed E-state index contributed by atoms with van der Waals surface area (Å²) < 4.78 is 6.52. The van der Waals surface area contributed by atoms with Crippen molar-refractivity contribution in [3.05, 3.63) is 128 Å². The van der Waals surface area contributed by atoms with E-state index in [0.29, 0.717) is 0 Å². The van der Waals surface area contributed by atoms with E-state index in [-0.39, 0.29) is 0 Å². The first-order valence-electron chi connectivity index (χ1n) is 12.3. The van der Waals surface area contributed by atoms with Crippen molar-refractivity contribution >= 4 is 43.7 Å². The number of nitrogens with zero attached hydrogens (tertiary/aromatic N) is 5. The highest BCUT2D eigenvalue weighted by atomic mass is 15.3. The monoisotopic (exact) mass is 475 g/mol. The van der Waals surface area contributed by atoms with Crippen molar-refractivity contribution in [2.75, 3.05) is 0 Å². The molecule has 0 aliphatic rings. The fraction of sp³-hybridized carbons (Fsp3) is 0. The Morgan fingerprint density at radius 3 is 2.32 bits per heavy atom. The Kier molecular flexibility index (Phi) is 4.16. The van der Waals surface area contributed by atoms with E-state index >= 15 is 0 Å². The van der Waals surface area contributed by atoms with Gasteiger partial charge in [-0.3, -0.25) is 0 Å². The molecule has 4 aromatic carbocycles. The minimum Gasteiger partial charge on any atom is -0.309 e. The standard InChI is InChI=1S/C32H21N5/c1-3-12-29-23(7-1)21-34-37(29)26-14-15-28-27-11-2-4-13-30(27)36(31(28)20-26)25-10-5-9-24(19-25)35-18-16-22-8-6-17-33-32(22)35/h1-21H. The summed E-state index contributed by atoms with van der Waals surface area (Å²) in [6.45, 7) is 0. The maximum Gasteiger partial charge on any atom is 0.144 e. The third kappa shape index (κ3) is 2.98. The SMILES string of the molecule is c1cc(-n2ccc3cccnc32)cc(-n2c3ccccc3c3ccc(-n4ncc5ccccc54)cc32)c1. The molecule has 0 amide bonds. The van der Waals surface area contributed by atoms with Crippen molar-refractivity contribution < 1.29 is 0 Å². The molecule has 0 aliphatic heterocycles. The van der Waals surface area contributed by atoms with E-state index in [4.69, 9.17) is 5.10 Å². The Morgan fingerprint density at radius 1 is 0.541 bits per heavy atom. The van der Waals surface area contributed by atoms with Crippen molar-refractivity contribution in [3.8, 4) is 17.1 Å². The first-order chi connectivity index (χ1) is 18.3. The van der Waals surface area contributed by atoms with Gasteiger partial charge in [-0.1, -0.05) is 48.5 Å². The Hall–Kier alpha value is -5.16. The number of hydrogen-bond acceptors (Lipinski definition) is 2. The highest BCUT2D eigenvalue weighted by molar-refractivity contribution is 6.09. The summed E-state index contributed by atoms with van der Waals surface area (Å²) in [6.07, 6.45) is 5.85. The van der Waals surface area contributed by atoms with Crippen LogP contribution in [0.5, 0.6) is 0 Å². The maximum atomic E-state index is 4.70. The molecule has 8 aromatic rings. The molecule has 0 radical (unpaired) electrons. The van der Waals surface area contributed by atoms with Crippen LogP contribution in [-0.4, -0.2) is 23.9 Å². The van der Waals surface area contributed by atoms with Crippen molar-refractivity contribution in [1.82, 2.24) is 23.9 Å². The van der Waals surface area contributed by atoms with Gasteiger partial charge in [-0.05, 0) is 60.7 Å². The molecule has 37 heavy (non-hydrogen) atoms. The van der Waals surface area contributed by atoms with Crippen molar-refractivity contribution in [2.24, 2.45) is 0 Å². The van der Waals surface area contributed by atoms with Gasteiger partial charge in [0.2, 0.25) is 0 Å². The van der Waals surface area contributed by atoms with Gasteiger partial charge in [0.05, 0.1) is 28.4 Å². The zero-order chi connectivity index (χ0) is 24.3. The summed E-state index contributed by atoms with van der Waals surface area (Å²) in [4.78, 5) is 4.62. The second-order valence-electron chi connectivity index (χ2n) is 9.29. The molecular formula is C32H21N5. The lowest BCUT2D eigenvalue weighted by Crippen LogP contribution is -1.99. The molecular weight excluding hydrogens is 454 g/mol. The number of benzene rings is 4. The Bertz CT molecular complexity index is 2110. The van der Waals surface area contributed by atoms with Crippen LogP contribution in [0.15, 0.2) is 128 Å². The van der Waals surface area contributed by atoms with Crippen LogP contribution in [0.3, 0.4) is 0 Å². The smallest absolute Gasteiger partial charge is 0.144 e. The summed E-state index contributed by atoms with van der Waals surface area (Å²) in [5.74, 6) is 0. The molecule has 0 spiro atoms. The molecule has 8 rings (SSSR count). The minimum absolute atomic E-state index is 0.953. The van der Waals surface area contributed by atoms with Gasteiger partial charge in [0.1, 0.15) is 5.65 Å². The third-order valence-corrected chi connectivity index (χ3v) is 7.19. The van der Waals surface area contributed by atoms with E-state index < -0.39 is 0 Å². The second kappa shape index (κ2) is 7.67. The summed E-state index contributed by atoms with van der Waals surface area (Å²) in [7, 11) is 0. The van der Waals surface area contributed by atoms with Gasteiger partial charge in [-0.25, -0.2) is 9.67 Å². The first-order valence-corrected chi connectivity index (χ1v) is 12.3. The number of rotatable bonds is 3. The average Bonchev–Trinajstić information content (AvgIpc) is 3.66. The molecule has 4 aromatic heterocycles. The van der Waals surface area contributed by atoms with Crippen LogP contribution in [0, 0.1) is 0 Å². The van der Waals surface area contributed by atoms with Gasteiger partial charge < -0.3 is 9.13 Å². The van der Waals surface area contributed by atoms with Gasteiger partial charge >= 0.3 is 0 Å². The lowest BCUT2D eigenvalue weighted by Gasteiger charge is -2.12. The van der Waals surface area contributed by atoms with Gasteiger partial charge in [-0.15, -0.1) is 0 Å². The highest BCUT2D eigenvalue weighted by Crippen LogP contribution is 2.34. The van der Waals surface area contributed by atoms with Gasteiger partial charge in [0.25, 0.3) is 0 Å². The van der Waals surface area contributed by atoms with Crippen LogP contribution in [0.2, 0.25) is 0 Å².